The topological polar surface area (TPSA) is 349 Å². The van der Waals surface area contributed by atoms with E-state index in [0.717, 1.165) is 66.8 Å². The number of benzene rings is 4. The number of carbonyl (C=O) groups is 2. The van der Waals surface area contributed by atoms with Crippen LogP contribution < -0.4 is 25.0 Å². The molecule has 3 aliphatic carbocycles. The third kappa shape index (κ3) is 20.2. The molecule has 5 atom stereocenters. The zero-order chi connectivity index (χ0) is 75.3. The number of methoxy groups -OCH3 is 2. The van der Waals surface area contributed by atoms with Crippen LogP contribution in [-0.2, 0) is 66.3 Å². The maximum absolute atomic E-state index is 13.4. The van der Waals surface area contributed by atoms with Crippen molar-refractivity contribution < 1.29 is 75.5 Å². The van der Waals surface area contributed by atoms with Crippen LogP contribution in [0.1, 0.15) is 197 Å². The van der Waals surface area contributed by atoms with Gasteiger partial charge in [-0.1, -0.05) is 125 Å². The van der Waals surface area contributed by atoms with Gasteiger partial charge in [-0.15, -0.1) is 0 Å². The van der Waals surface area contributed by atoms with E-state index in [1.807, 2.05) is 42.4 Å². The van der Waals surface area contributed by atoms with E-state index in [0.29, 0.717) is 118 Å². The van der Waals surface area contributed by atoms with Crippen molar-refractivity contribution in [1.82, 2.24) is 10.6 Å². The van der Waals surface area contributed by atoms with Gasteiger partial charge in [0.25, 0.3) is 40.5 Å². The minimum Gasteiger partial charge on any atom is -0.496 e. The van der Waals surface area contributed by atoms with E-state index in [1.54, 1.807) is 44.6 Å². The first kappa shape index (κ1) is 81.5. The van der Waals surface area contributed by atoms with E-state index in [9.17, 15) is 61.5 Å². The Morgan fingerprint density at radius 3 is 1.95 bits per heavy atom. The number of nitrogens with one attached hydrogen (secondary N) is 2. The average molecular weight is 1500 g/mol. The lowest BCUT2D eigenvalue weighted by molar-refractivity contribution is -0.437. The summed E-state index contributed by atoms with van der Waals surface area (Å²) in [7, 11) is -14.4. The predicted octanol–water partition coefficient (Wildman–Crippen LogP) is 14.4. The number of anilines is 1. The van der Waals surface area contributed by atoms with E-state index in [4.69, 9.17) is 15.0 Å². The molecule has 23 nitrogen and oxygen atoms in total. The van der Waals surface area contributed by atoms with Gasteiger partial charge in [0.1, 0.15) is 18.0 Å². The SMILES string of the molecule is COc1cc(C(C)(C)[C@@H](CCCCCN=[N+]=[N-])c2ccccc2)cc(OC)c1[C@H]1C=C(CNC(=O)CCCCCNC(=O)CCCCCN2C(=CC=CC=CC3=[N+](CCCS(=O)(=O)O)c4ccc(S(=O)(=O)O)cc4C3(C)C)C(C)(CCCCS(=O)(=O)O)c3cc(S(=O)(=O)O)ccc32)[C@H]2C[C@@H]1C2(C)C. The second-order valence-electron chi connectivity index (χ2n) is 29.6. The van der Waals surface area contributed by atoms with Crippen molar-refractivity contribution in [3.63, 3.8) is 0 Å². The molecule has 0 aromatic heterocycles. The maximum Gasteiger partial charge on any atom is 0.294 e. The van der Waals surface area contributed by atoms with E-state index in [2.05, 4.69) is 90.8 Å². The number of hydrogen-bond donors (Lipinski definition) is 6. The summed E-state index contributed by atoms with van der Waals surface area (Å²) in [5.74, 6) is 1.32. The van der Waals surface area contributed by atoms with Crippen LogP contribution in [0.2, 0.25) is 0 Å². The molecule has 5 aliphatic rings. The smallest absolute Gasteiger partial charge is 0.294 e. The van der Waals surface area contributed by atoms with Gasteiger partial charge in [0, 0.05) is 96.3 Å². The molecule has 0 radical (unpaired) electrons. The number of hydrogen-bond acceptors (Lipinski definition) is 14. The van der Waals surface area contributed by atoms with Crippen molar-refractivity contribution >= 4 is 69.4 Å². The first-order valence-corrected chi connectivity index (χ1v) is 41.8. The molecule has 4 aromatic carbocycles. The molecule has 1 unspecified atom stereocenters. The Balaban J connectivity index is 0.861. The second kappa shape index (κ2) is 34.4. The lowest BCUT2D eigenvalue weighted by Gasteiger charge is -2.59. The molecule has 6 N–H and O–H groups in total. The Kier molecular flexibility index (Phi) is 27.2. The van der Waals surface area contributed by atoms with Crippen molar-refractivity contribution in [2.75, 3.05) is 63.3 Å². The van der Waals surface area contributed by atoms with Gasteiger partial charge in [-0.2, -0.15) is 38.2 Å². The zero-order valence-electron chi connectivity index (χ0n) is 60.8. The van der Waals surface area contributed by atoms with Crippen LogP contribution in [0, 0.1) is 17.3 Å². The van der Waals surface area contributed by atoms with Gasteiger partial charge in [-0.25, -0.2) is 0 Å². The van der Waals surface area contributed by atoms with Crippen molar-refractivity contribution in [2.24, 2.45) is 22.4 Å². The number of amides is 2. The van der Waals surface area contributed by atoms with Gasteiger partial charge >= 0.3 is 0 Å². The van der Waals surface area contributed by atoms with Gasteiger partial charge < -0.3 is 25.0 Å². The fraction of sp³-hybridized carbons (Fsp3) is 0.539. The molecule has 9 rings (SSSR count). The first-order valence-electron chi connectivity index (χ1n) is 35.7. The van der Waals surface area contributed by atoms with Gasteiger partial charge in [-0.3, -0.25) is 27.8 Å². The van der Waals surface area contributed by atoms with E-state index in [1.165, 1.54) is 41.5 Å². The maximum atomic E-state index is 13.4. The summed E-state index contributed by atoms with van der Waals surface area (Å²) in [5.41, 5.74) is 15.0. The fourth-order valence-corrected chi connectivity index (χ4v) is 18.1. The number of carbonyl (C=O) groups excluding carboxylic acids is 2. The normalized spacial score (nSPS) is 20.0. The van der Waals surface area contributed by atoms with Gasteiger partial charge in [-0.05, 0) is 178 Å². The largest absolute Gasteiger partial charge is 0.496 e. The molecular formula is C76H104N7O16S4+. The third-order valence-electron chi connectivity index (χ3n) is 21.8. The highest BCUT2D eigenvalue weighted by molar-refractivity contribution is 7.86. The molecule has 2 bridgehead atoms. The van der Waals surface area contributed by atoms with Crippen LogP contribution in [0.25, 0.3) is 10.4 Å². The number of azide groups is 1. The standard InChI is InChI=1S/C76H103N7O16S4/c1-73(2,59(53-28-15-10-16-29-53)30-17-12-24-41-80-81-77)55-47-66(98-8)72(67(48-55)99-9)58-46-54(60-51-61(58)74(60,3)4)52-79-71(85)34-20-13-23-40-78-70(84)33-21-14-25-42-83-65-38-36-57(103(95,96)97)50-63(65)76(7,39-22-26-44-100(86,87)88)69(83)32-19-11-18-31-68-75(5,6)62-49-56(102(92,93)94)35-37-64(62)82(68)43-27-45-101(89,90)91/h10-11,15-16,18-19,28-29,31-32,35-38,46-50,58-61H,12-14,17,20-27,30,33-34,39-45,51-52H2,1-9H3,(H5-,78,79,84,85,86,87,88,89,90,91,92,93,94,95,96,97)/p+1/t58-,59-,60+,61-,76?/m0/s1. The van der Waals surface area contributed by atoms with Crippen LogP contribution in [0.5, 0.6) is 11.5 Å². The van der Waals surface area contributed by atoms with E-state index >= 15 is 0 Å². The lowest BCUT2D eigenvalue weighted by atomic mass is 9.45. The lowest BCUT2D eigenvalue weighted by Crippen LogP contribution is -2.52. The monoisotopic (exact) mass is 1500 g/mol. The second-order valence-corrected chi connectivity index (χ2v) is 35.6. The van der Waals surface area contributed by atoms with Gasteiger partial charge in [0.05, 0.1) is 40.9 Å². The quantitative estimate of drug-likeness (QED) is 0.00352. The Morgan fingerprint density at radius 2 is 1.33 bits per heavy atom. The van der Waals surface area contributed by atoms with Crippen LogP contribution in [-0.4, -0.2) is 132 Å². The summed E-state index contributed by atoms with van der Waals surface area (Å²) in [6, 6.07) is 23.5. The van der Waals surface area contributed by atoms with Crippen molar-refractivity contribution in [1.29, 1.82) is 0 Å². The molecule has 1 fully saturated rings. The molecule has 4 aromatic rings. The minimum atomic E-state index is -4.66. The summed E-state index contributed by atoms with van der Waals surface area (Å²) in [5, 5.41) is 9.99. The third-order valence-corrected chi connectivity index (χ3v) is 25.1. The summed E-state index contributed by atoms with van der Waals surface area (Å²) < 4.78 is 150. The number of allylic oxidation sites excluding steroid dienone is 7. The van der Waals surface area contributed by atoms with Crippen LogP contribution in [0.4, 0.5) is 11.4 Å². The Bertz CT molecular complexity index is 4400. The minimum absolute atomic E-state index is 0.00833. The van der Waals surface area contributed by atoms with Crippen molar-refractivity contribution in [3.05, 3.63) is 165 Å². The first-order chi connectivity index (χ1) is 48.5. The number of nitrogens with zero attached hydrogens (tertiary/aromatic N) is 5. The number of ether oxygens (including phenoxy) is 2. The molecule has 2 heterocycles. The zero-order valence-corrected chi connectivity index (χ0v) is 64.1. The summed E-state index contributed by atoms with van der Waals surface area (Å²) in [4.78, 5) is 30.9. The van der Waals surface area contributed by atoms with Gasteiger partial charge in [0.15, 0.2) is 5.71 Å². The molecule has 1 saturated carbocycles. The van der Waals surface area contributed by atoms with Crippen LogP contribution in [0.15, 0.2) is 141 Å². The molecule has 0 spiro atoms. The van der Waals surface area contributed by atoms with Crippen molar-refractivity contribution in [3.8, 4) is 11.5 Å². The Morgan fingerprint density at radius 1 is 0.718 bits per heavy atom. The van der Waals surface area contributed by atoms with Crippen LogP contribution >= 0.6 is 0 Å². The molecule has 2 aliphatic heterocycles. The molecule has 562 valence electrons. The molecule has 2 amide bonds. The highest BCUT2D eigenvalue weighted by atomic mass is 32.2. The van der Waals surface area contributed by atoms with E-state index in [-0.39, 0.29) is 70.1 Å². The van der Waals surface area contributed by atoms with E-state index < -0.39 is 62.8 Å². The molecule has 103 heavy (non-hydrogen) atoms. The van der Waals surface area contributed by atoms with Crippen molar-refractivity contribution in [2.45, 2.75) is 195 Å². The highest BCUT2D eigenvalue weighted by Crippen LogP contribution is 2.65. The Labute approximate surface area is 609 Å². The molecular weight excluding hydrogens is 1400 g/mol. The Hall–Kier alpha value is -7.20. The van der Waals surface area contributed by atoms with Crippen LogP contribution in [0.3, 0.4) is 0 Å². The van der Waals surface area contributed by atoms with Gasteiger partial charge in [0.2, 0.25) is 17.5 Å². The summed E-state index contributed by atoms with van der Waals surface area (Å²) in [6.45, 7) is 16.8. The summed E-state index contributed by atoms with van der Waals surface area (Å²) >= 11 is 0. The number of rotatable bonds is 40. The fourth-order valence-electron chi connectivity index (χ4n) is 16.1. The average Bonchev–Trinajstić information content (AvgIpc) is 1.60. The summed E-state index contributed by atoms with van der Waals surface area (Å²) in [6.07, 6.45) is 21.3. The molecule has 0 saturated heterocycles. The number of fused-ring (bicyclic) bond motifs is 3. The highest BCUT2D eigenvalue weighted by Gasteiger charge is 2.56. The molecule has 27 heteroatoms. The predicted molar refractivity (Wildman–Crippen MR) is 401 cm³/mol. The number of unbranched alkanes of at least 4 members (excludes halogenated alkanes) is 7.